The SMILES string of the molecule is CCCCCCCCN(C(=O)C(CC(C)C)NC(=O)OC(C)(C)C)C(C(=O)NCc1ccccc1)c1cc(C)cc(C)c1. The standard InChI is InChI=1S/C36H55N3O4/c1-9-10-11-12-13-17-20-39(34(41)31(21-26(2)3)38-35(42)43-36(6,7)8)32(30-23-27(4)22-28(5)24-30)33(40)37-25-29-18-15-14-16-19-29/h14-16,18-19,22-24,26,31-32H,9-13,17,20-21,25H2,1-8H3,(H,37,40)(H,38,42). The van der Waals surface area contributed by atoms with Crippen LogP contribution in [0, 0.1) is 19.8 Å². The number of hydrogen-bond acceptors (Lipinski definition) is 4. The number of nitrogens with one attached hydrogen (secondary N) is 2. The largest absolute Gasteiger partial charge is 0.444 e. The van der Waals surface area contributed by atoms with Crippen molar-refractivity contribution in [2.24, 2.45) is 5.92 Å². The smallest absolute Gasteiger partial charge is 0.408 e. The molecule has 7 heteroatoms. The zero-order valence-corrected chi connectivity index (χ0v) is 27.8. The van der Waals surface area contributed by atoms with Crippen molar-refractivity contribution in [2.45, 2.75) is 125 Å². The summed E-state index contributed by atoms with van der Waals surface area (Å²) in [5.74, 6) is -0.382. The van der Waals surface area contributed by atoms with E-state index in [-0.39, 0.29) is 17.7 Å². The molecule has 0 spiro atoms. The van der Waals surface area contributed by atoms with Crippen LogP contribution in [0.25, 0.3) is 0 Å². The minimum atomic E-state index is -0.847. The average Bonchev–Trinajstić information content (AvgIpc) is 2.91. The van der Waals surface area contributed by atoms with Gasteiger partial charge in [0.1, 0.15) is 17.7 Å². The molecule has 2 unspecified atom stereocenters. The lowest BCUT2D eigenvalue weighted by atomic mass is 9.96. The maximum Gasteiger partial charge on any atom is 0.408 e. The molecule has 0 heterocycles. The fourth-order valence-corrected chi connectivity index (χ4v) is 5.29. The minimum absolute atomic E-state index is 0.131. The van der Waals surface area contributed by atoms with Gasteiger partial charge in [-0.1, -0.05) is 113 Å². The van der Waals surface area contributed by atoms with Crippen LogP contribution < -0.4 is 10.6 Å². The molecule has 0 bridgehead atoms. The van der Waals surface area contributed by atoms with Crippen molar-refractivity contribution in [1.82, 2.24) is 15.5 Å². The van der Waals surface area contributed by atoms with Gasteiger partial charge in [-0.15, -0.1) is 0 Å². The van der Waals surface area contributed by atoms with Gasteiger partial charge in [0.2, 0.25) is 11.8 Å². The molecule has 0 saturated carbocycles. The Morgan fingerprint density at radius 2 is 1.49 bits per heavy atom. The van der Waals surface area contributed by atoms with E-state index < -0.39 is 23.8 Å². The summed E-state index contributed by atoms with van der Waals surface area (Å²) >= 11 is 0. The van der Waals surface area contributed by atoms with Crippen LogP contribution in [-0.2, 0) is 20.9 Å². The quantitative estimate of drug-likeness (QED) is 0.195. The number of carbonyl (C=O) groups is 3. The fourth-order valence-electron chi connectivity index (χ4n) is 5.29. The predicted octanol–water partition coefficient (Wildman–Crippen LogP) is 7.79. The van der Waals surface area contributed by atoms with E-state index in [1.807, 2.05) is 70.2 Å². The van der Waals surface area contributed by atoms with Gasteiger partial charge < -0.3 is 20.3 Å². The summed E-state index contributed by atoms with van der Waals surface area (Å²) in [6.45, 7) is 16.4. The van der Waals surface area contributed by atoms with Crippen molar-refractivity contribution in [1.29, 1.82) is 0 Å². The molecule has 2 rings (SSSR count). The van der Waals surface area contributed by atoms with Gasteiger partial charge in [-0.2, -0.15) is 0 Å². The van der Waals surface area contributed by atoms with Crippen molar-refractivity contribution >= 4 is 17.9 Å². The number of amides is 3. The highest BCUT2D eigenvalue weighted by molar-refractivity contribution is 5.92. The highest BCUT2D eigenvalue weighted by Gasteiger charge is 2.36. The topological polar surface area (TPSA) is 87.7 Å². The fraction of sp³-hybridized carbons (Fsp3) is 0.583. The molecule has 2 aromatic rings. The maximum atomic E-state index is 14.5. The van der Waals surface area contributed by atoms with Crippen LogP contribution in [0.15, 0.2) is 48.5 Å². The molecule has 0 aliphatic carbocycles. The van der Waals surface area contributed by atoms with Crippen LogP contribution in [-0.4, -0.2) is 41.0 Å². The maximum absolute atomic E-state index is 14.5. The first-order chi connectivity index (χ1) is 20.3. The zero-order chi connectivity index (χ0) is 32.0. The Balaban J connectivity index is 2.50. The van der Waals surface area contributed by atoms with E-state index in [9.17, 15) is 14.4 Å². The van der Waals surface area contributed by atoms with Gasteiger partial charge in [-0.3, -0.25) is 9.59 Å². The number of unbranched alkanes of at least 4 members (excludes halogenated alkanes) is 5. The predicted molar refractivity (Wildman–Crippen MR) is 175 cm³/mol. The number of carbonyl (C=O) groups excluding carboxylic acids is 3. The van der Waals surface area contributed by atoms with Gasteiger partial charge in [0.25, 0.3) is 0 Å². The number of hydrogen-bond donors (Lipinski definition) is 2. The lowest BCUT2D eigenvalue weighted by Crippen LogP contribution is -2.53. The van der Waals surface area contributed by atoms with Crippen LogP contribution >= 0.6 is 0 Å². The normalized spacial score (nSPS) is 12.9. The van der Waals surface area contributed by atoms with Gasteiger partial charge in [0, 0.05) is 13.1 Å². The summed E-state index contributed by atoms with van der Waals surface area (Å²) in [4.78, 5) is 43.2. The molecule has 2 aromatic carbocycles. The van der Waals surface area contributed by atoms with Crippen molar-refractivity contribution < 1.29 is 19.1 Å². The zero-order valence-electron chi connectivity index (χ0n) is 27.8. The molecule has 238 valence electrons. The Bertz CT molecular complexity index is 1140. The third kappa shape index (κ3) is 13.2. The number of nitrogens with zero attached hydrogens (tertiary/aromatic N) is 1. The Morgan fingerprint density at radius 3 is 2.07 bits per heavy atom. The Labute approximate surface area is 260 Å². The summed E-state index contributed by atoms with van der Waals surface area (Å²) < 4.78 is 5.53. The molecule has 0 aromatic heterocycles. The van der Waals surface area contributed by atoms with E-state index in [2.05, 4.69) is 23.6 Å². The molecule has 3 amide bonds. The highest BCUT2D eigenvalue weighted by atomic mass is 16.6. The van der Waals surface area contributed by atoms with Gasteiger partial charge in [0.05, 0.1) is 0 Å². The van der Waals surface area contributed by atoms with E-state index >= 15 is 0 Å². The summed E-state index contributed by atoms with van der Waals surface area (Å²) in [5.41, 5.74) is 3.09. The van der Waals surface area contributed by atoms with E-state index in [0.717, 1.165) is 54.4 Å². The number of aryl methyl sites for hydroxylation is 2. The van der Waals surface area contributed by atoms with E-state index in [1.54, 1.807) is 25.7 Å². The number of alkyl carbamates (subject to hydrolysis) is 1. The van der Waals surface area contributed by atoms with Crippen LogP contribution in [0.1, 0.15) is 115 Å². The molecular formula is C36H55N3O4. The molecule has 0 aliphatic rings. The van der Waals surface area contributed by atoms with Gasteiger partial charge >= 0.3 is 6.09 Å². The molecule has 0 fully saturated rings. The molecule has 0 saturated heterocycles. The van der Waals surface area contributed by atoms with Crippen LogP contribution in [0.2, 0.25) is 0 Å². The first kappa shape index (κ1) is 35.8. The average molecular weight is 594 g/mol. The van der Waals surface area contributed by atoms with Crippen LogP contribution in [0.4, 0.5) is 4.79 Å². The second kappa shape index (κ2) is 17.7. The lowest BCUT2D eigenvalue weighted by Gasteiger charge is -2.35. The molecule has 2 atom stereocenters. The molecular weight excluding hydrogens is 538 g/mol. The first-order valence-corrected chi connectivity index (χ1v) is 16.0. The molecule has 43 heavy (non-hydrogen) atoms. The number of benzene rings is 2. The number of ether oxygens (including phenoxy) is 1. The minimum Gasteiger partial charge on any atom is -0.444 e. The van der Waals surface area contributed by atoms with Gasteiger partial charge in [0.15, 0.2) is 0 Å². The highest BCUT2D eigenvalue weighted by Crippen LogP contribution is 2.27. The van der Waals surface area contributed by atoms with Gasteiger partial charge in [-0.25, -0.2) is 4.79 Å². The second-order valence-corrected chi connectivity index (χ2v) is 13.2. The van der Waals surface area contributed by atoms with E-state index in [1.165, 1.54) is 6.42 Å². The monoisotopic (exact) mass is 593 g/mol. The molecule has 0 radical (unpaired) electrons. The Morgan fingerprint density at radius 1 is 0.884 bits per heavy atom. The second-order valence-electron chi connectivity index (χ2n) is 13.2. The first-order valence-electron chi connectivity index (χ1n) is 16.0. The van der Waals surface area contributed by atoms with Crippen molar-refractivity contribution in [3.05, 3.63) is 70.8 Å². The Kier molecular flexibility index (Phi) is 14.7. The van der Waals surface area contributed by atoms with Crippen LogP contribution in [0.3, 0.4) is 0 Å². The summed E-state index contributed by atoms with van der Waals surface area (Å²) in [6.07, 6.45) is 6.10. The van der Waals surface area contributed by atoms with E-state index in [0.29, 0.717) is 19.5 Å². The van der Waals surface area contributed by atoms with Crippen LogP contribution in [0.5, 0.6) is 0 Å². The molecule has 2 N–H and O–H groups in total. The van der Waals surface area contributed by atoms with Gasteiger partial charge in [-0.05, 0) is 64.5 Å². The lowest BCUT2D eigenvalue weighted by molar-refractivity contribution is -0.143. The molecule has 7 nitrogen and oxygen atoms in total. The van der Waals surface area contributed by atoms with Crippen molar-refractivity contribution in [3.8, 4) is 0 Å². The molecule has 0 aliphatic heterocycles. The van der Waals surface area contributed by atoms with Crippen molar-refractivity contribution in [2.75, 3.05) is 6.54 Å². The number of rotatable bonds is 16. The van der Waals surface area contributed by atoms with E-state index in [4.69, 9.17) is 4.74 Å². The Hall–Kier alpha value is -3.35. The third-order valence-electron chi connectivity index (χ3n) is 7.16. The third-order valence-corrected chi connectivity index (χ3v) is 7.16. The van der Waals surface area contributed by atoms with Crippen molar-refractivity contribution in [3.63, 3.8) is 0 Å². The summed E-state index contributed by atoms with van der Waals surface area (Å²) in [7, 11) is 0. The summed E-state index contributed by atoms with van der Waals surface area (Å²) in [5, 5.41) is 5.94. The summed E-state index contributed by atoms with van der Waals surface area (Å²) in [6, 6.07) is 14.1.